The number of benzene rings is 2. The fraction of sp³-hybridized carbons (Fsp3) is 0.292. The average Bonchev–Trinajstić information content (AvgIpc) is 2.91. The Kier molecular flexibility index (Phi) is 5.10. The number of fused-ring (bicyclic) bond motifs is 1. The Hall–Kier alpha value is -2.81. The minimum Gasteiger partial charge on any atom is -0.352 e. The van der Waals surface area contributed by atoms with E-state index in [0.29, 0.717) is 12.1 Å². The van der Waals surface area contributed by atoms with Gasteiger partial charge in [0, 0.05) is 23.5 Å². The average molecular weight is 358 g/mol. The largest absolute Gasteiger partial charge is 0.352 e. The summed E-state index contributed by atoms with van der Waals surface area (Å²) in [5.74, 6) is -0.0151. The molecule has 1 aliphatic carbocycles. The Bertz CT molecular complexity index is 923. The van der Waals surface area contributed by atoms with E-state index in [1.807, 2.05) is 19.1 Å². The standard InChI is InChI=1S/C24H26N2O/c1-2-25-24(27)19-13-15-21(16-14-19)26-22-12-8-4-7-11-20(22)17-23(26)18-9-5-3-6-10-18/h3,5-6,9-10,13-17H,2,4,7-8,11-12H2,1H3,(H,25,27). The molecule has 0 atom stereocenters. The van der Waals surface area contributed by atoms with Crippen molar-refractivity contribution in [3.8, 4) is 16.9 Å². The summed E-state index contributed by atoms with van der Waals surface area (Å²) in [6.45, 7) is 2.58. The zero-order valence-corrected chi connectivity index (χ0v) is 15.9. The molecule has 1 aliphatic rings. The van der Waals surface area contributed by atoms with Gasteiger partial charge in [-0.3, -0.25) is 4.79 Å². The van der Waals surface area contributed by atoms with Gasteiger partial charge in [0.25, 0.3) is 5.91 Å². The van der Waals surface area contributed by atoms with E-state index < -0.39 is 0 Å². The maximum Gasteiger partial charge on any atom is 0.251 e. The van der Waals surface area contributed by atoms with Crippen molar-refractivity contribution < 1.29 is 4.79 Å². The van der Waals surface area contributed by atoms with Crippen molar-refractivity contribution in [1.82, 2.24) is 9.88 Å². The van der Waals surface area contributed by atoms with Crippen molar-refractivity contribution in [3.05, 3.63) is 77.5 Å². The van der Waals surface area contributed by atoms with Crippen molar-refractivity contribution in [2.24, 2.45) is 0 Å². The Balaban J connectivity index is 1.81. The van der Waals surface area contributed by atoms with Gasteiger partial charge >= 0.3 is 0 Å². The number of hydrogen-bond donors (Lipinski definition) is 1. The number of hydrogen-bond acceptors (Lipinski definition) is 1. The fourth-order valence-electron chi connectivity index (χ4n) is 4.02. The van der Waals surface area contributed by atoms with E-state index in [1.54, 1.807) is 0 Å². The lowest BCUT2D eigenvalue weighted by molar-refractivity contribution is 0.0956. The van der Waals surface area contributed by atoms with Crippen LogP contribution in [0.25, 0.3) is 16.9 Å². The molecule has 0 bridgehead atoms. The third-order valence-corrected chi connectivity index (χ3v) is 5.35. The summed E-state index contributed by atoms with van der Waals surface area (Å²) in [4.78, 5) is 12.1. The van der Waals surface area contributed by atoms with E-state index in [4.69, 9.17) is 0 Å². The van der Waals surface area contributed by atoms with Gasteiger partial charge in [0.15, 0.2) is 0 Å². The predicted molar refractivity (Wildman–Crippen MR) is 110 cm³/mol. The van der Waals surface area contributed by atoms with E-state index in [0.717, 1.165) is 18.5 Å². The molecule has 1 amide bonds. The summed E-state index contributed by atoms with van der Waals surface area (Å²) >= 11 is 0. The second kappa shape index (κ2) is 7.83. The number of rotatable bonds is 4. The van der Waals surface area contributed by atoms with Gasteiger partial charge in [-0.1, -0.05) is 36.8 Å². The lowest BCUT2D eigenvalue weighted by Crippen LogP contribution is -2.22. The van der Waals surface area contributed by atoms with Crippen LogP contribution in [0.15, 0.2) is 60.7 Å². The Morgan fingerprint density at radius 1 is 0.963 bits per heavy atom. The molecule has 2 aromatic carbocycles. The molecule has 0 fully saturated rings. The third kappa shape index (κ3) is 3.55. The van der Waals surface area contributed by atoms with Crippen molar-refractivity contribution in [2.75, 3.05) is 6.54 Å². The number of carbonyl (C=O) groups is 1. The number of nitrogens with zero attached hydrogens (tertiary/aromatic N) is 1. The summed E-state index contributed by atoms with van der Waals surface area (Å²) in [6.07, 6.45) is 6.06. The van der Waals surface area contributed by atoms with Gasteiger partial charge in [-0.05, 0) is 74.1 Å². The van der Waals surface area contributed by atoms with E-state index in [-0.39, 0.29) is 5.91 Å². The van der Waals surface area contributed by atoms with Crippen LogP contribution >= 0.6 is 0 Å². The smallest absolute Gasteiger partial charge is 0.251 e. The Morgan fingerprint density at radius 2 is 1.70 bits per heavy atom. The number of aromatic nitrogens is 1. The first kappa shape index (κ1) is 17.6. The van der Waals surface area contributed by atoms with Crippen molar-refractivity contribution in [2.45, 2.75) is 39.0 Å². The maximum absolute atomic E-state index is 12.1. The van der Waals surface area contributed by atoms with E-state index in [2.05, 4.69) is 58.4 Å². The summed E-state index contributed by atoms with van der Waals surface area (Å²) in [5, 5.41) is 2.87. The summed E-state index contributed by atoms with van der Waals surface area (Å²) in [6, 6.07) is 21.0. The normalized spacial score (nSPS) is 13.7. The number of nitrogens with one attached hydrogen (secondary N) is 1. The van der Waals surface area contributed by atoms with Gasteiger partial charge in [-0.25, -0.2) is 0 Å². The number of amides is 1. The van der Waals surface area contributed by atoms with Crippen LogP contribution in [0.3, 0.4) is 0 Å². The molecule has 0 spiro atoms. The van der Waals surface area contributed by atoms with Crippen molar-refractivity contribution >= 4 is 5.91 Å². The lowest BCUT2D eigenvalue weighted by Gasteiger charge is -2.15. The summed E-state index contributed by atoms with van der Waals surface area (Å²) in [7, 11) is 0. The molecule has 0 aliphatic heterocycles. The summed E-state index contributed by atoms with van der Waals surface area (Å²) < 4.78 is 2.40. The minimum absolute atomic E-state index is 0.0151. The Morgan fingerprint density at radius 3 is 2.44 bits per heavy atom. The van der Waals surface area contributed by atoms with Gasteiger partial charge < -0.3 is 9.88 Å². The molecule has 0 unspecified atom stereocenters. The molecule has 1 N–H and O–H groups in total. The zero-order chi connectivity index (χ0) is 18.6. The predicted octanol–water partition coefficient (Wildman–Crippen LogP) is 5.16. The molecule has 0 saturated carbocycles. The number of carbonyl (C=O) groups excluding carboxylic acids is 1. The van der Waals surface area contributed by atoms with Crippen LogP contribution in [0.5, 0.6) is 0 Å². The third-order valence-electron chi connectivity index (χ3n) is 5.35. The summed E-state index contributed by atoms with van der Waals surface area (Å²) in [5.41, 5.74) is 7.22. The zero-order valence-electron chi connectivity index (χ0n) is 15.9. The van der Waals surface area contributed by atoms with Crippen LogP contribution in [-0.2, 0) is 12.8 Å². The van der Waals surface area contributed by atoms with Gasteiger partial charge in [0.1, 0.15) is 0 Å². The monoisotopic (exact) mass is 358 g/mol. The molecule has 1 heterocycles. The minimum atomic E-state index is -0.0151. The van der Waals surface area contributed by atoms with Crippen molar-refractivity contribution in [3.63, 3.8) is 0 Å². The molecule has 4 rings (SSSR count). The first-order valence-corrected chi connectivity index (χ1v) is 9.95. The highest BCUT2D eigenvalue weighted by molar-refractivity contribution is 5.94. The van der Waals surface area contributed by atoms with Crippen LogP contribution in [0.2, 0.25) is 0 Å². The van der Waals surface area contributed by atoms with Crippen LogP contribution in [0.1, 0.15) is 47.8 Å². The molecule has 3 heteroatoms. The Labute approximate surface area is 161 Å². The fourth-order valence-corrected chi connectivity index (χ4v) is 4.02. The molecule has 1 aromatic heterocycles. The lowest BCUT2D eigenvalue weighted by atomic mass is 10.1. The highest BCUT2D eigenvalue weighted by atomic mass is 16.1. The molecule has 3 nitrogen and oxygen atoms in total. The van der Waals surface area contributed by atoms with Crippen LogP contribution in [0.4, 0.5) is 0 Å². The van der Waals surface area contributed by atoms with Gasteiger partial charge in [0.2, 0.25) is 0 Å². The van der Waals surface area contributed by atoms with Gasteiger partial charge in [0.05, 0.1) is 5.69 Å². The highest BCUT2D eigenvalue weighted by Gasteiger charge is 2.19. The molecule has 138 valence electrons. The molecular formula is C24H26N2O. The second-order valence-electron chi connectivity index (χ2n) is 7.17. The topological polar surface area (TPSA) is 34.0 Å². The quantitative estimate of drug-likeness (QED) is 0.642. The molecule has 0 saturated heterocycles. The molecule has 3 aromatic rings. The maximum atomic E-state index is 12.1. The van der Waals surface area contributed by atoms with Crippen molar-refractivity contribution in [1.29, 1.82) is 0 Å². The van der Waals surface area contributed by atoms with E-state index in [1.165, 1.54) is 41.8 Å². The van der Waals surface area contributed by atoms with Crippen LogP contribution in [-0.4, -0.2) is 17.0 Å². The van der Waals surface area contributed by atoms with Crippen LogP contribution in [0, 0.1) is 0 Å². The second-order valence-corrected chi connectivity index (χ2v) is 7.17. The van der Waals surface area contributed by atoms with Crippen LogP contribution < -0.4 is 5.32 Å². The SMILES string of the molecule is CCNC(=O)c1ccc(-n2c(-c3ccccc3)cc3c2CCCCC3)cc1. The first-order chi connectivity index (χ1) is 13.3. The van der Waals surface area contributed by atoms with Gasteiger partial charge in [-0.2, -0.15) is 0 Å². The molecular weight excluding hydrogens is 332 g/mol. The molecule has 0 radical (unpaired) electrons. The van der Waals surface area contributed by atoms with E-state index >= 15 is 0 Å². The number of aryl methyl sites for hydroxylation is 1. The first-order valence-electron chi connectivity index (χ1n) is 9.95. The highest BCUT2D eigenvalue weighted by Crippen LogP contribution is 2.33. The van der Waals surface area contributed by atoms with E-state index in [9.17, 15) is 4.79 Å². The molecule has 27 heavy (non-hydrogen) atoms. The van der Waals surface area contributed by atoms with Gasteiger partial charge in [-0.15, -0.1) is 0 Å².